The maximum absolute atomic E-state index is 13.1. The first kappa shape index (κ1) is 35.3. The van der Waals surface area contributed by atoms with Gasteiger partial charge in [-0.2, -0.15) is 0 Å². The second-order valence-corrected chi connectivity index (χ2v) is 11.3. The highest BCUT2D eigenvalue weighted by Crippen LogP contribution is 2.19. The minimum absolute atomic E-state index is 0.00705. The van der Waals surface area contributed by atoms with Gasteiger partial charge in [-0.3, -0.25) is 9.59 Å². The van der Waals surface area contributed by atoms with Gasteiger partial charge < -0.3 is 25.2 Å². The number of halogens is 1. The smallest absolute Gasteiger partial charge is 0.343 e. The van der Waals surface area contributed by atoms with E-state index >= 15 is 0 Å². The Morgan fingerprint density at radius 3 is 1.98 bits per heavy atom. The standard InChI is InChI=1S/C38H39FN2O7/c1-2-3-4-5-6-23-47-32-21-13-29(14-22-32)38(46)48-33-19-9-26(10-20-33)24-34(37(44)45)41-36(43)28-11-17-31(18-12-28)40-35(42)25-27-7-15-30(39)16-8-27/h7-22,34H,2-6,23-25H2,1H3,(H,40,42)(H,41,43)(H,44,45)/t34-/m0/s1. The first-order valence-corrected chi connectivity index (χ1v) is 15.9. The van der Waals surface area contributed by atoms with Gasteiger partial charge >= 0.3 is 11.9 Å². The Balaban J connectivity index is 1.24. The number of nitrogens with one attached hydrogen (secondary N) is 2. The molecule has 0 radical (unpaired) electrons. The monoisotopic (exact) mass is 654 g/mol. The number of benzene rings is 4. The van der Waals surface area contributed by atoms with Gasteiger partial charge in [-0.25, -0.2) is 14.0 Å². The highest BCUT2D eigenvalue weighted by Gasteiger charge is 2.21. The molecule has 1 atom stereocenters. The van der Waals surface area contributed by atoms with Gasteiger partial charge in [0.25, 0.3) is 5.91 Å². The molecule has 0 saturated carbocycles. The molecule has 0 heterocycles. The quantitative estimate of drug-likeness (QED) is 0.0635. The average molecular weight is 655 g/mol. The predicted molar refractivity (Wildman–Crippen MR) is 180 cm³/mol. The maximum atomic E-state index is 13.1. The molecule has 4 aromatic rings. The molecule has 0 aliphatic heterocycles. The van der Waals surface area contributed by atoms with E-state index in [0.717, 1.165) is 12.8 Å². The number of carbonyl (C=O) groups excluding carboxylic acids is 3. The second-order valence-electron chi connectivity index (χ2n) is 11.3. The van der Waals surface area contributed by atoms with Crippen LogP contribution in [0.3, 0.4) is 0 Å². The molecular weight excluding hydrogens is 615 g/mol. The predicted octanol–water partition coefficient (Wildman–Crippen LogP) is 7.00. The molecule has 250 valence electrons. The molecule has 0 fully saturated rings. The fraction of sp³-hybridized carbons (Fsp3) is 0.263. The Morgan fingerprint density at radius 2 is 1.33 bits per heavy atom. The van der Waals surface area contributed by atoms with Crippen LogP contribution in [-0.2, 0) is 22.4 Å². The number of aliphatic carboxylic acids is 1. The number of rotatable bonds is 17. The molecule has 0 spiro atoms. The van der Waals surface area contributed by atoms with Crippen molar-refractivity contribution in [2.45, 2.75) is 57.9 Å². The molecule has 4 rings (SSSR count). The molecule has 3 N–H and O–H groups in total. The lowest BCUT2D eigenvalue weighted by Gasteiger charge is -2.15. The normalized spacial score (nSPS) is 11.3. The van der Waals surface area contributed by atoms with Crippen LogP contribution in [0, 0.1) is 5.82 Å². The van der Waals surface area contributed by atoms with E-state index in [1.54, 1.807) is 48.5 Å². The van der Waals surface area contributed by atoms with Crippen molar-refractivity contribution in [3.63, 3.8) is 0 Å². The Labute approximate surface area is 279 Å². The van der Waals surface area contributed by atoms with E-state index in [1.165, 1.54) is 67.8 Å². The first-order chi connectivity index (χ1) is 23.2. The van der Waals surface area contributed by atoms with Crippen LogP contribution in [0.5, 0.6) is 11.5 Å². The number of carboxylic acid groups (broad SMARTS) is 1. The topological polar surface area (TPSA) is 131 Å². The van der Waals surface area contributed by atoms with Gasteiger partial charge in [0.15, 0.2) is 0 Å². The lowest BCUT2D eigenvalue weighted by atomic mass is 10.0. The SMILES string of the molecule is CCCCCCCOc1ccc(C(=O)Oc2ccc(C[C@H](NC(=O)c3ccc(NC(=O)Cc4ccc(F)cc4)cc3)C(=O)O)cc2)cc1. The number of unbranched alkanes of at least 4 members (excludes halogenated alkanes) is 4. The zero-order valence-electron chi connectivity index (χ0n) is 26.7. The lowest BCUT2D eigenvalue weighted by Crippen LogP contribution is -2.42. The molecule has 0 saturated heterocycles. The summed E-state index contributed by atoms with van der Waals surface area (Å²) in [5.74, 6) is -2.07. The summed E-state index contributed by atoms with van der Waals surface area (Å²) in [4.78, 5) is 49.7. The summed E-state index contributed by atoms with van der Waals surface area (Å²) in [5.41, 5.74) is 2.28. The Morgan fingerprint density at radius 1 is 0.729 bits per heavy atom. The summed E-state index contributed by atoms with van der Waals surface area (Å²) in [6, 6.07) is 23.5. The Bertz CT molecular complexity index is 1660. The third-order valence-electron chi connectivity index (χ3n) is 7.49. The van der Waals surface area contributed by atoms with E-state index in [4.69, 9.17) is 9.47 Å². The summed E-state index contributed by atoms with van der Waals surface area (Å²) in [6.45, 7) is 2.80. The largest absolute Gasteiger partial charge is 0.494 e. The van der Waals surface area contributed by atoms with Crippen LogP contribution in [-0.4, -0.2) is 41.5 Å². The molecule has 0 aliphatic carbocycles. The van der Waals surface area contributed by atoms with Crippen molar-refractivity contribution in [2.24, 2.45) is 0 Å². The highest BCUT2D eigenvalue weighted by molar-refractivity contribution is 5.98. The van der Waals surface area contributed by atoms with Crippen LogP contribution in [0.1, 0.15) is 70.9 Å². The van der Waals surface area contributed by atoms with Crippen molar-refractivity contribution in [3.8, 4) is 11.5 Å². The third kappa shape index (κ3) is 11.4. The fourth-order valence-electron chi connectivity index (χ4n) is 4.82. The number of esters is 1. The minimum atomic E-state index is -1.22. The van der Waals surface area contributed by atoms with Crippen LogP contribution in [0.25, 0.3) is 0 Å². The molecule has 0 aliphatic rings. The molecule has 0 bridgehead atoms. The number of ether oxygens (including phenoxy) is 2. The molecule has 9 nitrogen and oxygen atoms in total. The van der Waals surface area contributed by atoms with Crippen molar-refractivity contribution < 1.29 is 38.1 Å². The maximum Gasteiger partial charge on any atom is 0.343 e. The number of hydrogen-bond acceptors (Lipinski definition) is 6. The summed E-state index contributed by atoms with van der Waals surface area (Å²) < 4.78 is 24.3. The summed E-state index contributed by atoms with van der Waals surface area (Å²) in [6.07, 6.45) is 5.78. The van der Waals surface area contributed by atoms with E-state index in [0.29, 0.717) is 34.7 Å². The van der Waals surface area contributed by atoms with Crippen molar-refractivity contribution in [3.05, 3.63) is 125 Å². The first-order valence-electron chi connectivity index (χ1n) is 15.9. The number of carboxylic acids is 1. The van der Waals surface area contributed by atoms with Crippen LogP contribution in [0.4, 0.5) is 10.1 Å². The van der Waals surface area contributed by atoms with Crippen molar-refractivity contribution in [2.75, 3.05) is 11.9 Å². The van der Waals surface area contributed by atoms with Crippen LogP contribution in [0.15, 0.2) is 97.1 Å². The van der Waals surface area contributed by atoms with E-state index in [1.807, 2.05) is 0 Å². The average Bonchev–Trinajstić information content (AvgIpc) is 3.08. The number of hydrogen-bond donors (Lipinski definition) is 3. The molecule has 4 aromatic carbocycles. The van der Waals surface area contributed by atoms with E-state index < -0.39 is 23.9 Å². The zero-order valence-corrected chi connectivity index (χ0v) is 26.7. The summed E-state index contributed by atoms with van der Waals surface area (Å²) in [7, 11) is 0. The van der Waals surface area contributed by atoms with Crippen molar-refractivity contribution in [1.29, 1.82) is 0 Å². The van der Waals surface area contributed by atoms with Crippen LogP contribution in [0.2, 0.25) is 0 Å². The minimum Gasteiger partial charge on any atom is -0.494 e. The Kier molecular flexibility index (Phi) is 13.2. The second kappa shape index (κ2) is 18.0. The van der Waals surface area contributed by atoms with E-state index in [-0.39, 0.29) is 35.9 Å². The van der Waals surface area contributed by atoms with E-state index in [2.05, 4.69) is 17.6 Å². The van der Waals surface area contributed by atoms with Gasteiger partial charge in [0.1, 0.15) is 23.4 Å². The van der Waals surface area contributed by atoms with Crippen molar-refractivity contribution in [1.82, 2.24) is 5.32 Å². The van der Waals surface area contributed by atoms with Gasteiger partial charge in [-0.1, -0.05) is 56.9 Å². The highest BCUT2D eigenvalue weighted by atomic mass is 19.1. The zero-order chi connectivity index (χ0) is 34.3. The number of amides is 2. The molecule has 10 heteroatoms. The van der Waals surface area contributed by atoms with Crippen molar-refractivity contribution >= 4 is 29.4 Å². The van der Waals surface area contributed by atoms with Crippen LogP contribution >= 0.6 is 0 Å². The van der Waals surface area contributed by atoms with Gasteiger partial charge in [0.2, 0.25) is 5.91 Å². The van der Waals surface area contributed by atoms with Gasteiger partial charge in [0.05, 0.1) is 18.6 Å². The summed E-state index contributed by atoms with van der Waals surface area (Å²) in [5, 5.41) is 15.0. The van der Waals surface area contributed by atoms with Gasteiger partial charge in [-0.15, -0.1) is 0 Å². The third-order valence-corrected chi connectivity index (χ3v) is 7.49. The Hall–Kier alpha value is -5.51. The molecule has 48 heavy (non-hydrogen) atoms. The van der Waals surface area contributed by atoms with Gasteiger partial charge in [0, 0.05) is 17.7 Å². The molecule has 2 amide bonds. The number of carbonyl (C=O) groups is 4. The molecular formula is C38H39FN2O7. The summed E-state index contributed by atoms with van der Waals surface area (Å²) >= 11 is 0. The van der Waals surface area contributed by atoms with E-state index in [9.17, 15) is 28.7 Å². The molecule has 0 unspecified atom stereocenters. The lowest BCUT2D eigenvalue weighted by molar-refractivity contribution is -0.139. The van der Waals surface area contributed by atoms with Crippen LogP contribution < -0.4 is 20.1 Å². The van der Waals surface area contributed by atoms with Gasteiger partial charge in [-0.05, 0) is 90.3 Å². The fourth-order valence-corrected chi connectivity index (χ4v) is 4.82. The molecule has 0 aromatic heterocycles. The number of anilines is 1.